The van der Waals surface area contributed by atoms with Crippen molar-refractivity contribution in [2.24, 2.45) is 5.73 Å². The zero-order valence-corrected chi connectivity index (χ0v) is 10.4. The van der Waals surface area contributed by atoms with Gasteiger partial charge in [0.15, 0.2) is 0 Å². The Morgan fingerprint density at radius 2 is 1.88 bits per heavy atom. The van der Waals surface area contributed by atoms with Gasteiger partial charge < -0.3 is 10.8 Å². The van der Waals surface area contributed by atoms with Crippen molar-refractivity contribution in [1.29, 1.82) is 0 Å². The first-order valence-corrected chi connectivity index (χ1v) is 5.58. The average Bonchev–Trinajstić information content (AvgIpc) is 2.18. The van der Waals surface area contributed by atoms with Gasteiger partial charge in [-0.3, -0.25) is 0 Å². The predicted molar refractivity (Wildman–Crippen MR) is 64.5 cm³/mol. The SMILES string of the molecule is CC(C)(C)c1cc(O)ccc1CC(N)C(F)F. The van der Waals surface area contributed by atoms with E-state index in [0.717, 1.165) is 11.1 Å². The van der Waals surface area contributed by atoms with E-state index in [4.69, 9.17) is 5.73 Å². The van der Waals surface area contributed by atoms with Crippen molar-refractivity contribution >= 4 is 0 Å². The van der Waals surface area contributed by atoms with E-state index in [9.17, 15) is 13.9 Å². The first kappa shape index (κ1) is 13.9. The third-order valence-electron chi connectivity index (χ3n) is 2.68. The molecule has 0 bridgehead atoms. The standard InChI is InChI=1S/C13H19F2NO/c1-13(2,3)10-7-9(17)5-4-8(10)6-11(16)12(14)15/h4-5,7,11-12,17H,6,16H2,1-3H3. The van der Waals surface area contributed by atoms with Gasteiger partial charge in [-0.05, 0) is 35.1 Å². The molecule has 1 aromatic rings. The minimum atomic E-state index is -2.53. The van der Waals surface area contributed by atoms with Crippen LogP contribution in [-0.2, 0) is 11.8 Å². The molecule has 3 N–H and O–H groups in total. The summed E-state index contributed by atoms with van der Waals surface area (Å²) in [4.78, 5) is 0. The first-order chi connectivity index (χ1) is 7.71. The van der Waals surface area contributed by atoms with Crippen LogP contribution in [0.3, 0.4) is 0 Å². The molecule has 0 fully saturated rings. The maximum absolute atomic E-state index is 12.4. The summed E-state index contributed by atoms with van der Waals surface area (Å²) in [6.07, 6.45) is -2.42. The summed E-state index contributed by atoms with van der Waals surface area (Å²) < 4.78 is 24.9. The van der Waals surface area contributed by atoms with Gasteiger partial charge in [0.1, 0.15) is 5.75 Å². The van der Waals surface area contributed by atoms with Crippen molar-refractivity contribution in [1.82, 2.24) is 0 Å². The lowest BCUT2D eigenvalue weighted by atomic mass is 9.82. The lowest BCUT2D eigenvalue weighted by Gasteiger charge is -2.24. The minimum absolute atomic E-state index is 0.116. The molecule has 0 spiro atoms. The summed E-state index contributed by atoms with van der Waals surface area (Å²) in [5.41, 5.74) is 6.80. The summed E-state index contributed by atoms with van der Waals surface area (Å²) in [6, 6.07) is 3.62. The quantitative estimate of drug-likeness (QED) is 0.857. The number of nitrogens with two attached hydrogens (primary N) is 1. The molecule has 96 valence electrons. The van der Waals surface area contributed by atoms with Gasteiger partial charge in [0, 0.05) is 0 Å². The maximum atomic E-state index is 12.4. The molecule has 2 nitrogen and oxygen atoms in total. The number of halogens is 2. The molecule has 0 aliphatic heterocycles. The molecule has 0 aromatic heterocycles. The lowest BCUT2D eigenvalue weighted by molar-refractivity contribution is 0.116. The molecule has 0 saturated carbocycles. The average molecular weight is 243 g/mol. The Bertz CT molecular complexity index is 385. The van der Waals surface area contributed by atoms with Gasteiger partial charge in [-0.1, -0.05) is 26.8 Å². The summed E-state index contributed by atoms with van der Waals surface area (Å²) in [5, 5.41) is 9.46. The Kier molecular flexibility index (Phi) is 4.09. The van der Waals surface area contributed by atoms with Crippen LogP contribution in [0.15, 0.2) is 18.2 Å². The van der Waals surface area contributed by atoms with Crippen LogP contribution in [0.25, 0.3) is 0 Å². The lowest BCUT2D eigenvalue weighted by Crippen LogP contribution is -2.32. The van der Waals surface area contributed by atoms with Gasteiger partial charge in [-0.15, -0.1) is 0 Å². The van der Waals surface area contributed by atoms with Crippen LogP contribution in [0.1, 0.15) is 31.9 Å². The molecule has 1 atom stereocenters. The van der Waals surface area contributed by atoms with Crippen LogP contribution in [-0.4, -0.2) is 17.6 Å². The third kappa shape index (κ3) is 3.66. The Balaban J connectivity index is 3.07. The number of phenolic OH excluding ortho intramolecular Hbond substituents is 1. The molecular weight excluding hydrogens is 224 g/mol. The van der Waals surface area contributed by atoms with Crippen molar-refractivity contribution in [2.45, 2.75) is 45.1 Å². The maximum Gasteiger partial charge on any atom is 0.253 e. The number of rotatable bonds is 3. The fourth-order valence-corrected chi connectivity index (χ4v) is 1.78. The van der Waals surface area contributed by atoms with E-state index in [-0.39, 0.29) is 17.6 Å². The summed E-state index contributed by atoms with van der Waals surface area (Å²) in [5.74, 6) is 0.143. The molecule has 0 aliphatic carbocycles. The molecule has 1 aromatic carbocycles. The fourth-order valence-electron chi connectivity index (χ4n) is 1.78. The smallest absolute Gasteiger partial charge is 0.253 e. The van der Waals surface area contributed by atoms with Crippen molar-refractivity contribution in [2.75, 3.05) is 0 Å². The highest BCUT2D eigenvalue weighted by molar-refractivity contribution is 5.39. The largest absolute Gasteiger partial charge is 0.508 e. The Morgan fingerprint density at radius 3 is 2.35 bits per heavy atom. The Hall–Kier alpha value is -1.16. The zero-order chi connectivity index (χ0) is 13.2. The topological polar surface area (TPSA) is 46.2 Å². The van der Waals surface area contributed by atoms with Crippen LogP contribution >= 0.6 is 0 Å². The fraction of sp³-hybridized carbons (Fsp3) is 0.538. The number of hydrogen-bond donors (Lipinski definition) is 2. The van der Waals surface area contributed by atoms with E-state index >= 15 is 0 Å². The third-order valence-corrected chi connectivity index (χ3v) is 2.68. The van der Waals surface area contributed by atoms with Gasteiger partial charge in [0.2, 0.25) is 0 Å². The van der Waals surface area contributed by atoms with E-state index in [1.165, 1.54) is 6.07 Å². The number of hydrogen-bond acceptors (Lipinski definition) is 2. The van der Waals surface area contributed by atoms with Crippen LogP contribution in [0, 0.1) is 0 Å². The molecule has 0 aliphatic rings. The van der Waals surface area contributed by atoms with Crippen LogP contribution in [0.2, 0.25) is 0 Å². The van der Waals surface area contributed by atoms with Gasteiger partial charge in [0.25, 0.3) is 6.43 Å². The first-order valence-electron chi connectivity index (χ1n) is 5.58. The predicted octanol–water partition coefficient (Wildman–Crippen LogP) is 2.82. The van der Waals surface area contributed by atoms with E-state index in [1.807, 2.05) is 20.8 Å². The van der Waals surface area contributed by atoms with Gasteiger partial charge in [0.05, 0.1) is 6.04 Å². The number of aromatic hydroxyl groups is 1. The number of benzene rings is 1. The minimum Gasteiger partial charge on any atom is -0.508 e. The molecule has 1 unspecified atom stereocenters. The molecular formula is C13H19F2NO. The van der Waals surface area contributed by atoms with E-state index < -0.39 is 12.5 Å². The van der Waals surface area contributed by atoms with Crippen LogP contribution < -0.4 is 5.73 Å². The molecule has 4 heteroatoms. The summed E-state index contributed by atoms with van der Waals surface area (Å²) in [7, 11) is 0. The molecule has 0 amide bonds. The van der Waals surface area contributed by atoms with Crippen molar-refractivity contribution in [3.8, 4) is 5.75 Å². The number of alkyl halides is 2. The number of phenols is 1. The molecule has 1 rings (SSSR count). The van der Waals surface area contributed by atoms with Gasteiger partial charge in [-0.25, -0.2) is 8.78 Å². The van der Waals surface area contributed by atoms with E-state index in [2.05, 4.69) is 0 Å². The molecule has 0 heterocycles. The highest BCUT2D eigenvalue weighted by atomic mass is 19.3. The Labute approximate surface area is 100 Å². The van der Waals surface area contributed by atoms with E-state index in [1.54, 1.807) is 12.1 Å². The van der Waals surface area contributed by atoms with Crippen molar-refractivity contribution in [3.63, 3.8) is 0 Å². The van der Waals surface area contributed by atoms with Gasteiger partial charge >= 0.3 is 0 Å². The molecule has 17 heavy (non-hydrogen) atoms. The second-order valence-corrected chi connectivity index (χ2v) is 5.29. The van der Waals surface area contributed by atoms with Gasteiger partial charge in [-0.2, -0.15) is 0 Å². The summed E-state index contributed by atoms with van der Waals surface area (Å²) in [6.45, 7) is 5.91. The normalized spacial score (nSPS) is 14.1. The summed E-state index contributed by atoms with van der Waals surface area (Å²) >= 11 is 0. The molecule has 0 saturated heterocycles. The van der Waals surface area contributed by atoms with Crippen molar-refractivity contribution < 1.29 is 13.9 Å². The van der Waals surface area contributed by atoms with Crippen LogP contribution in [0.4, 0.5) is 8.78 Å². The Morgan fingerprint density at radius 1 is 1.29 bits per heavy atom. The zero-order valence-electron chi connectivity index (χ0n) is 10.4. The second kappa shape index (κ2) is 5.00. The van der Waals surface area contributed by atoms with Crippen molar-refractivity contribution in [3.05, 3.63) is 29.3 Å². The van der Waals surface area contributed by atoms with E-state index in [0.29, 0.717) is 0 Å². The highest BCUT2D eigenvalue weighted by Gasteiger charge is 2.22. The van der Waals surface area contributed by atoms with Crippen LogP contribution in [0.5, 0.6) is 5.75 Å². The monoisotopic (exact) mass is 243 g/mol. The highest BCUT2D eigenvalue weighted by Crippen LogP contribution is 2.30. The second-order valence-electron chi connectivity index (χ2n) is 5.29. The molecule has 0 radical (unpaired) electrons.